The van der Waals surface area contributed by atoms with Gasteiger partial charge in [-0.1, -0.05) is 13.0 Å². The van der Waals surface area contributed by atoms with Crippen molar-refractivity contribution in [2.75, 3.05) is 7.11 Å². The lowest BCUT2D eigenvalue weighted by molar-refractivity contribution is -0.211. The Morgan fingerprint density at radius 3 is 2.80 bits per heavy atom. The molecule has 2 bridgehead atoms. The molecule has 0 saturated heterocycles. The first-order valence-corrected chi connectivity index (χ1v) is 10.4. The average Bonchev–Trinajstić information content (AvgIpc) is 3.07. The topological polar surface area (TPSA) is 99.1 Å². The van der Waals surface area contributed by atoms with Crippen molar-refractivity contribution in [3.05, 3.63) is 35.4 Å². The molecule has 1 heterocycles. The third-order valence-electron chi connectivity index (χ3n) is 7.71. The molecule has 0 amide bonds. The monoisotopic (exact) mass is 412 g/mol. The Labute approximate surface area is 174 Å². The van der Waals surface area contributed by atoms with Crippen molar-refractivity contribution in [3.63, 3.8) is 0 Å². The standard InChI is InChI=1S/C23H24O7/c1-12-7-9-22-19-13-3-4-16(28-2)20(19)29-21(22)15(24)8-10-23(22,14(12)11-13)30-18(27)6-5-17(25)26/h3-6,12,14,21H,7-11H2,1-2H3,(H,25,26)/b6-5-/t12?,14-,21-,22-,23+/m0/s1. The van der Waals surface area contributed by atoms with Crippen LogP contribution in [0.5, 0.6) is 11.5 Å². The summed E-state index contributed by atoms with van der Waals surface area (Å²) in [5, 5.41) is 8.90. The van der Waals surface area contributed by atoms with Gasteiger partial charge in [-0.2, -0.15) is 0 Å². The lowest BCUT2D eigenvalue weighted by Gasteiger charge is -2.62. The number of carbonyl (C=O) groups excluding carboxylic acids is 2. The second-order valence-corrected chi connectivity index (χ2v) is 8.88. The highest BCUT2D eigenvalue weighted by molar-refractivity contribution is 5.93. The van der Waals surface area contributed by atoms with Gasteiger partial charge in [0.1, 0.15) is 5.60 Å². The van der Waals surface area contributed by atoms with Crippen molar-refractivity contribution in [2.24, 2.45) is 11.8 Å². The molecular weight excluding hydrogens is 388 g/mol. The molecule has 7 heteroatoms. The van der Waals surface area contributed by atoms with Gasteiger partial charge in [0.25, 0.3) is 0 Å². The number of rotatable bonds is 4. The molecule has 1 aromatic rings. The average molecular weight is 412 g/mol. The number of carboxylic acids is 1. The summed E-state index contributed by atoms with van der Waals surface area (Å²) in [5.41, 5.74) is 0.391. The molecule has 7 nitrogen and oxygen atoms in total. The minimum Gasteiger partial charge on any atom is -0.493 e. The maximum atomic E-state index is 13.0. The molecule has 30 heavy (non-hydrogen) atoms. The zero-order valence-corrected chi connectivity index (χ0v) is 17.0. The number of ketones is 1. The van der Waals surface area contributed by atoms with Crippen LogP contribution in [0, 0.1) is 11.8 Å². The Kier molecular flexibility index (Phi) is 4.04. The quantitative estimate of drug-likeness (QED) is 0.599. The zero-order chi connectivity index (χ0) is 21.3. The van der Waals surface area contributed by atoms with E-state index in [9.17, 15) is 14.4 Å². The number of hydrogen-bond acceptors (Lipinski definition) is 6. The highest BCUT2D eigenvalue weighted by Crippen LogP contribution is 2.69. The maximum absolute atomic E-state index is 13.0. The molecule has 0 aromatic heterocycles. The Balaban J connectivity index is 1.73. The van der Waals surface area contributed by atoms with E-state index in [1.807, 2.05) is 12.1 Å². The van der Waals surface area contributed by atoms with E-state index in [1.165, 1.54) is 0 Å². The molecule has 0 radical (unpaired) electrons. The SMILES string of the molecule is COc1ccc2c3c1O[C@H]1C(=O)CC[C@@]4(OC(=O)/C=C\C(=O)O)[C@@H](C2)C(C)CC[C@]314. The fraction of sp³-hybridized carbons (Fsp3) is 0.522. The van der Waals surface area contributed by atoms with Crippen LogP contribution in [0.4, 0.5) is 0 Å². The molecule has 1 aliphatic heterocycles. The molecular formula is C23H24O7. The summed E-state index contributed by atoms with van der Waals surface area (Å²) in [6, 6.07) is 3.91. The summed E-state index contributed by atoms with van der Waals surface area (Å²) in [5.74, 6) is -0.401. The van der Waals surface area contributed by atoms with Crippen LogP contribution >= 0.6 is 0 Å². The minimum atomic E-state index is -1.21. The molecule has 3 aliphatic carbocycles. The Morgan fingerprint density at radius 2 is 2.07 bits per heavy atom. The van der Waals surface area contributed by atoms with Crippen LogP contribution in [0.25, 0.3) is 0 Å². The zero-order valence-electron chi connectivity index (χ0n) is 17.0. The van der Waals surface area contributed by atoms with Crippen LogP contribution in [0.3, 0.4) is 0 Å². The van der Waals surface area contributed by atoms with E-state index in [1.54, 1.807) is 7.11 Å². The summed E-state index contributed by atoms with van der Waals surface area (Å²) >= 11 is 0. The molecule has 5 rings (SSSR count). The van der Waals surface area contributed by atoms with Crippen molar-refractivity contribution < 1.29 is 33.7 Å². The van der Waals surface area contributed by atoms with Crippen molar-refractivity contribution in [1.82, 2.24) is 0 Å². The van der Waals surface area contributed by atoms with Crippen LogP contribution in [0.1, 0.15) is 43.7 Å². The van der Waals surface area contributed by atoms with Crippen molar-refractivity contribution in [3.8, 4) is 11.5 Å². The predicted molar refractivity (Wildman–Crippen MR) is 105 cm³/mol. The fourth-order valence-corrected chi connectivity index (χ4v) is 6.60. The number of esters is 1. The Morgan fingerprint density at radius 1 is 1.27 bits per heavy atom. The molecule has 2 saturated carbocycles. The molecule has 1 aromatic carbocycles. The van der Waals surface area contributed by atoms with Crippen molar-refractivity contribution in [1.29, 1.82) is 0 Å². The molecule has 5 atom stereocenters. The smallest absolute Gasteiger partial charge is 0.331 e. The summed E-state index contributed by atoms with van der Waals surface area (Å²) < 4.78 is 18.0. The van der Waals surface area contributed by atoms with E-state index >= 15 is 0 Å². The van der Waals surface area contributed by atoms with Gasteiger partial charge in [-0.25, -0.2) is 9.59 Å². The first kappa shape index (κ1) is 19.2. The predicted octanol–water partition coefficient (Wildman–Crippen LogP) is 2.58. The van der Waals surface area contributed by atoms with E-state index in [0.29, 0.717) is 30.3 Å². The summed E-state index contributed by atoms with van der Waals surface area (Å²) in [6.45, 7) is 2.16. The van der Waals surface area contributed by atoms with Crippen LogP contribution < -0.4 is 9.47 Å². The highest BCUT2D eigenvalue weighted by atomic mass is 16.6. The normalized spacial score (nSPS) is 35.5. The van der Waals surface area contributed by atoms with Gasteiger partial charge < -0.3 is 19.3 Å². The van der Waals surface area contributed by atoms with Gasteiger partial charge in [0, 0.05) is 30.1 Å². The molecule has 1 N–H and O–H groups in total. The number of benzene rings is 1. The summed E-state index contributed by atoms with van der Waals surface area (Å²) in [4.78, 5) is 36.7. The van der Waals surface area contributed by atoms with Gasteiger partial charge in [-0.05, 0) is 43.2 Å². The molecule has 4 aliphatic rings. The Bertz CT molecular complexity index is 996. The number of carboxylic acid groups (broad SMARTS) is 1. The maximum Gasteiger partial charge on any atom is 0.331 e. The second-order valence-electron chi connectivity index (χ2n) is 8.88. The van der Waals surface area contributed by atoms with Crippen LogP contribution in [0.2, 0.25) is 0 Å². The number of hydrogen-bond donors (Lipinski definition) is 1. The second kappa shape index (κ2) is 6.33. The van der Waals surface area contributed by atoms with E-state index in [4.69, 9.17) is 19.3 Å². The third kappa shape index (κ3) is 2.23. The van der Waals surface area contributed by atoms with Crippen LogP contribution in [0.15, 0.2) is 24.3 Å². The number of ether oxygens (including phenoxy) is 3. The Hall–Kier alpha value is -2.83. The lowest BCUT2D eigenvalue weighted by Crippen LogP contribution is -2.72. The highest BCUT2D eigenvalue weighted by Gasteiger charge is 2.75. The molecule has 1 unspecified atom stereocenters. The van der Waals surface area contributed by atoms with Gasteiger partial charge in [-0.3, -0.25) is 4.79 Å². The number of methoxy groups -OCH3 is 1. The first-order valence-electron chi connectivity index (χ1n) is 10.4. The van der Waals surface area contributed by atoms with Crippen LogP contribution in [-0.4, -0.2) is 41.6 Å². The van der Waals surface area contributed by atoms with Gasteiger partial charge in [-0.15, -0.1) is 0 Å². The molecule has 2 fully saturated rings. The van der Waals surface area contributed by atoms with E-state index in [2.05, 4.69) is 6.92 Å². The molecule has 158 valence electrons. The third-order valence-corrected chi connectivity index (χ3v) is 7.71. The van der Waals surface area contributed by atoms with Crippen LogP contribution in [-0.2, 0) is 31.0 Å². The fourth-order valence-electron chi connectivity index (χ4n) is 6.60. The van der Waals surface area contributed by atoms with Gasteiger partial charge in [0.15, 0.2) is 23.4 Å². The van der Waals surface area contributed by atoms with Gasteiger partial charge >= 0.3 is 11.9 Å². The minimum absolute atomic E-state index is 0.0159. The largest absolute Gasteiger partial charge is 0.493 e. The lowest BCUT2D eigenvalue weighted by atomic mass is 9.43. The summed E-state index contributed by atoms with van der Waals surface area (Å²) in [6.07, 6.45) is 4.00. The summed E-state index contributed by atoms with van der Waals surface area (Å²) in [7, 11) is 1.57. The van der Waals surface area contributed by atoms with Gasteiger partial charge in [0.05, 0.1) is 12.5 Å². The molecule has 1 spiro atoms. The van der Waals surface area contributed by atoms with E-state index in [-0.39, 0.29) is 18.1 Å². The number of Topliss-reactive ketones (excluding diaryl/α,β-unsaturated/α-hetero) is 1. The van der Waals surface area contributed by atoms with Gasteiger partial charge in [0.2, 0.25) is 0 Å². The van der Waals surface area contributed by atoms with E-state index < -0.39 is 29.1 Å². The van der Waals surface area contributed by atoms with E-state index in [0.717, 1.165) is 36.1 Å². The van der Waals surface area contributed by atoms with Crippen molar-refractivity contribution >= 4 is 17.7 Å². The first-order chi connectivity index (χ1) is 14.3. The number of carbonyl (C=O) groups is 3. The van der Waals surface area contributed by atoms with Crippen molar-refractivity contribution in [2.45, 2.75) is 56.1 Å². The number of aliphatic carboxylic acids is 1.